The number of rotatable bonds is 6. The molecule has 2 unspecified atom stereocenters. The van der Waals surface area contributed by atoms with Gasteiger partial charge in [0.2, 0.25) is 0 Å². The van der Waals surface area contributed by atoms with Crippen LogP contribution < -0.4 is 5.32 Å². The fraction of sp³-hybridized carbons (Fsp3) is 1.00. The molecule has 2 atom stereocenters. The topological polar surface area (TPSA) is 21.3 Å². The summed E-state index contributed by atoms with van der Waals surface area (Å²) in [5, 5.41) is 2.78. The molecule has 0 heterocycles. The summed E-state index contributed by atoms with van der Waals surface area (Å²) >= 11 is 0. The minimum absolute atomic E-state index is 0.0777. The third-order valence-corrected chi connectivity index (χ3v) is 1.68. The molecule has 1 N–H and O–H groups in total. The van der Waals surface area contributed by atoms with Crippen LogP contribution in [0.15, 0.2) is 0 Å². The van der Waals surface area contributed by atoms with Gasteiger partial charge in [0.05, 0.1) is 6.04 Å². The minimum Gasteiger partial charge on any atom is -0.385 e. The minimum atomic E-state index is -2.30. The van der Waals surface area contributed by atoms with Crippen LogP contribution in [-0.2, 0) is 4.74 Å². The maximum absolute atomic E-state index is 12.0. The summed E-state index contributed by atoms with van der Waals surface area (Å²) in [4.78, 5) is 0. The highest BCUT2D eigenvalue weighted by molar-refractivity contribution is 4.68. The van der Waals surface area contributed by atoms with E-state index < -0.39 is 12.5 Å². The zero-order chi connectivity index (χ0) is 9.56. The number of hydrogen-bond donors (Lipinski definition) is 1. The molecule has 0 aliphatic carbocycles. The lowest BCUT2D eigenvalue weighted by molar-refractivity contribution is 0.0966. The fourth-order valence-corrected chi connectivity index (χ4v) is 0.899. The highest BCUT2D eigenvalue weighted by atomic mass is 19.3. The second-order valence-corrected chi connectivity index (χ2v) is 2.97. The number of halogens is 2. The van der Waals surface area contributed by atoms with Crippen molar-refractivity contribution in [2.75, 3.05) is 13.7 Å². The zero-order valence-electron chi connectivity index (χ0n) is 7.81. The van der Waals surface area contributed by atoms with Crippen molar-refractivity contribution in [1.82, 2.24) is 5.32 Å². The second kappa shape index (κ2) is 6.31. The van der Waals surface area contributed by atoms with E-state index in [0.29, 0.717) is 6.61 Å². The van der Waals surface area contributed by atoms with E-state index in [1.165, 1.54) is 6.92 Å². The molecule has 0 amide bonds. The molecule has 4 heteroatoms. The van der Waals surface area contributed by atoms with E-state index in [4.69, 9.17) is 4.74 Å². The molecule has 0 spiro atoms. The summed E-state index contributed by atoms with van der Waals surface area (Å²) in [7, 11) is 1.60. The monoisotopic (exact) mass is 181 g/mol. The SMILES string of the molecule is COCCC(C)NC(C)C(F)F. The van der Waals surface area contributed by atoms with Crippen LogP contribution in [0.1, 0.15) is 20.3 Å². The van der Waals surface area contributed by atoms with E-state index >= 15 is 0 Å². The lowest BCUT2D eigenvalue weighted by Gasteiger charge is -2.18. The van der Waals surface area contributed by atoms with Gasteiger partial charge >= 0.3 is 0 Å². The predicted octanol–water partition coefficient (Wildman–Crippen LogP) is 1.65. The number of methoxy groups -OCH3 is 1. The Labute approximate surface area is 72.3 Å². The van der Waals surface area contributed by atoms with Crippen LogP contribution in [0.5, 0.6) is 0 Å². The van der Waals surface area contributed by atoms with E-state index in [0.717, 1.165) is 6.42 Å². The summed E-state index contributed by atoms with van der Waals surface area (Å²) in [6.07, 6.45) is -1.54. The molecule has 0 aromatic carbocycles. The summed E-state index contributed by atoms with van der Waals surface area (Å²) in [5.41, 5.74) is 0. The van der Waals surface area contributed by atoms with E-state index in [1.54, 1.807) is 7.11 Å². The Morgan fingerprint density at radius 3 is 2.33 bits per heavy atom. The molecule has 0 aliphatic heterocycles. The Hall–Kier alpha value is -0.220. The normalized spacial score (nSPS) is 16.5. The van der Waals surface area contributed by atoms with Gasteiger partial charge in [-0.05, 0) is 20.3 Å². The maximum atomic E-state index is 12.0. The van der Waals surface area contributed by atoms with Gasteiger partial charge in [-0.2, -0.15) is 0 Å². The van der Waals surface area contributed by atoms with Crippen molar-refractivity contribution in [2.45, 2.75) is 38.8 Å². The van der Waals surface area contributed by atoms with E-state index in [1.807, 2.05) is 6.92 Å². The van der Waals surface area contributed by atoms with Crippen LogP contribution >= 0.6 is 0 Å². The first-order valence-electron chi connectivity index (χ1n) is 4.11. The Kier molecular flexibility index (Phi) is 6.20. The molecule has 0 radical (unpaired) electrons. The number of nitrogens with one attached hydrogen (secondary N) is 1. The largest absolute Gasteiger partial charge is 0.385 e. The van der Waals surface area contributed by atoms with Crippen molar-refractivity contribution < 1.29 is 13.5 Å². The smallest absolute Gasteiger partial charge is 0.253 e. The van der Waals surface area contributed by atoms with Crippen LogP contribution in [0.2, 0.25) is 0 Å². The van der Waals surface area contributed by atoms with Crippen molar-refractivity contribution in [1.29, 1.82) is 0 Å². The molecule has 0 fully saturated rings. The van der Waals surface area contributed by atoms with Crippen molar-refractivity contribution in [3.63, 3.8) is 0 Å². The van der Waals surface area contributed by atoms with Gasteiger partial charge in [-0.1, -0.05) is 0 Å². The Morgan fingerprint density at radius 2 is 1.92 bits per heavy atom. The lowest BCUT2D eigenvalue weighted by atomic mass is 10.2. The first-order chi connectivity index (χ1) is 5.57. The second-order valence-electron chi connectivity index (χ2n) is 2.97. The molecular formula is C8H17F2NO. The molecule has 0 aliphatic rings. The molecule has 0 saturated heterocycles. The first kappa shape index (κ1) is 11.8. The lowest BCUT2D eigenvalue weighted by Crippen LogP contribution is -2.39. The summed E-state index contributed by atoms with van der Waals surface area (Å²) in [5.74, 6) is 0. The van der Waals surface area contributed by atoms with Gasteiger partial charge in [0.1, 0.15) is 0 Å². The average Bonchev–Trinajstić information content (AvgIpc) is 2.00. The molecule has 0 aromatic heterocycles. The third kappa shape index (κ3) is 5.43. The molecule has 0 rings (SSSR count). The molecule has 2 nitrogen and oxygen atoms in total. The van der Waals surface area contributed by atoms with Gasteiger partial charge in [-0.25, -0.2) is 8.78 Å². The third-order valence-electron chi connectivity index (χ3n) is 1.68. The predicted molar refractivity (Wildman–Crippen MR) is 44.6 cm³/mol. The van der Waals surface area contributed by atoms with Gasteiger partial charge in [-0.3, -0.25) is 0 Å². The summed E-state index contributed by atoms with van der Waals surface area (Å²) in [6.45, 7) is 3.95. The molecule has 0 saturated carbocycles. The number of hydrogen-bond acceptors (Lipinski definition) is 2. The first-order valence-corrected chi connectivity index (χ1v) is 4.11. The fourth-order valence-electron chi connectivity index (χ4n) is 0.899. The van der Waals surface area contributed by atoms with Crippen molar-refractivity contribution in [2.24, 2.45) is 0 Å². The molecule has 74 valence electrons. The highest BCUT2D eigenvalue weighted by Gasteiger charge is 2.15. The highest BCUT2D eigenvalue weighted by Crippen LogP contribution is 2.02. The van der Waals surface area contributed by atoms with E-state index in [2.05, 4.69) is 5.32 Å². The summed E-state index contributed by atoms with van der Waals surface area (Å²) in [6, 6.07) is -0.661. The zero-order valence-corrected chi connectivity index (χ0v) is 7.81. The van der Waals surface area contributed by atoms with Crippen LogP contribution in [0, 0.1) is 0 Å². The van der Waals surface area contributed by atoms with E-state index in [-0.39, 0.29) is 6.04 Å². The molecule has 12 heavy (non-hydrogen) atoms. The molecular weight excluding hydrogens is 164 g/mol. The van der Waals surface area contributed by atoms with Crippen LogP contribution in [0.25, 0.3) is 0 Å². The standard InChI is InChI=1S/C8H17F2NO/c1-6(4-5-12-3)11-7(2)8(9)10/h6-8,11H,4-5H2,1-3H3. The van der Waals surface area contributed by atoms with Gasteiger partial charge in [-0.15, -0.1) is 0 Å². The van der Waals surface area contributed by atoms with Gasteiger partial charge in [0.25, 0.3) is 6.43 Å². The average molecular weight is 181 g/mol. The molecule has 0 aromatic rings. The van der Waals surface area contributed by atoms with Gasteiger partial charge < -0.3 is 10.1 Å². The van der Waals surface area contributed by atoms with Crippen molar-refractivity contribution in [3.05, 3.63) is 0 Å². The number of ether oxygens (including phenoxy) is 1. The summed E-state index contributed by atoms with van der Waals surface area (Å²) < 4.78 is 28.9. The van der Waals surface area contributed by atoms with Crippen LogP contribution in [0.4, 0.5) is 8.78 Å². The van der Waals surface area contributed by atoms with Crippen molar-refractivity contribution >= 4 is 0 Å². The maximum Gasteiger partial charge on any atom is 0.253 e. The molecule has 0 bridgehead atoms. The van der Waals surface area contributed by atoms with E-state index in [9.17, 15) is 8.78 Å². The van der Waals surface area contributed by atoms with Gasteiger partial charge in [0.15, 0.2) is 0 Å². The van der Waals surface area contributed by atoms with Crippen LogP contribution in [-0.4, -0.2) is 32.2 Å². The van der Waals surface area contributed by atoms with Crippen molar-refractivity contribution in [3.8, 4) is 0 Å². The quantitative estimate of drug-likeness (QED) is 0.672. The Balaban J connectivity index is 3.47. The Morgan fingerprint density at radius 1 is 1.33 bits per heavy atom. The Bertz CT molecular complexity index is 111. The van der Waals surface area contributed by atoms with Gasteiger partial charge in [0, 0.05) is 19.8 Å². The van der Waals surface area contributed by atoms with Crippen LogP contribution in [0.3, 0.4) is 0 Å². The number of alkyl halides is 2.